The zero-order chi connectivity index (χ0) is 17.3. The van der Waals surface area contributed by atoms with Gasteiger partial charge >= 0.3 is 6.18 Å². The Labute approximate surface area is 138 Å². The Morgan fingerprint density at radius 2 is 2.08 bits per heavy atom. The summed E-state index contributed by atoms with van der Waals surface area (Å²) < 4.78 is 39.5. The molecular weight excluding hydrogens is 319 g/mol. The summed E-state index contributed by atoms with van der Waals surface area (Å²) >= 11 is 0. The lowest BCUT2D eigenvalue weighted by atomic mass is 9.95. The van der Waals surface area contributed by atoms with Crippen molar-refractivity contribution in [1.82, 2.24) is 19.7 Å². The van der Waals surface area contributed by atoms with Gasteiger partial charge in [0.05, 0.1) is 5.69 Å². The van der Waals surface area contributed by atoms with Crippen molar-refractivity contribution in [3.63, 3.8) is 0 Å². The minimum Gasteiger partial charge on any atom is -0.361 e. The molecule has 0 aliphatic heterocycles. The predicted molar refractivity (Wildman–Crippen MR) is 84.4 cm³/mol. The molecule has 0 radical (unpaired) electrons. The molecule has 0 bridgehead atoms. The van der Waals surface area contributed by atoms with Crippen molar-refractivity contribution in [1.29, 1.82) is 0 Å². The second-order valence-corrected chi connectivity index (χ2v) is 6.17. The molecule has 8 heteroatoms. The van der Waals surface area contributed by atoms with Gasteiger partial charge in [-0.15, -0.1) is 0 Å². The van der Waals surface area contributed by atoms with E-state index in [0.29, 0.717) is 11.9 Å². The van der Waals surface area contributed by atoms with Gasteiger partial charge in [-0.2, -0.15) is 23.3 Å². The number of halogens is 3. The largest absolute Gasteiger partial charge is 0.405 e. The van der Waals surface area contributed by atoms with E-state index < -0.39 is 12.7 Å². The zero-order valence-corrected chi connectivity index (χ0v) is 13.6. The number of nitrogens with one attached hydrogen (secondary N) is 1. The van der Waals surface area contributed by atoms with Crippen LogP contribution in [0.5, 0.6) is 0 Å². The van der Waals surface area contributed by atoms with Crippen LogP contribution in [0.25, 0.3) is 5.95 Å². The van der Waals surface area contributed by atoms with Crippen LogP contribution in [0.4, 0.5) is 19.0 Å². The third kappa shape index (κ3) is 3.68. The first-order valence-corrected chi connectivity index (χ1v) is 8.11. The summed E-state index contributed by atoms with van der Waals surface area (Å²) in [6, 6.07) is 1.73. The lowest BCUT2D eigenvalue weighted by Gasteiger charge is -2.20. The molecule has 1 unspecified atom stereocenters. The Hall–Kier alpha value is -2.12. The second kappa shape index (κ2) is 6.41. The van der Waals surface area contributed by atoms with Gasteiger partial charge in [0.25, 0.3) is 5.95 Å². The third-order valence-electron chi connectivity index (χ3n) is 4.20. The van der Waals surface area contributed by atoms with E-state index in [1.807, 2.05) is 13.8 Å². The van der Waals surface area contributed by atoms with Crippen molar-refractivity contribution in [3.05, 3.63) is 29.7 Å². The van der Waals surface area contributed by atoms with Crippen molar-refractivity contribution in [2.75, 3.05) is 11.9 Å². The smallest absolute Gasteiger partial charge is 0.361 e. The molecule has 1 aliphatic rings. The van der Waals surface area contributed by atoms with Gasteiger partial charge < -0.3 is 5.32 Å². The van der Waals surface area contributed by atoms with Gasteiger partial charge in [0.15, 0.2) is 0 Å². The van der Waals surface area contributed by atoms with Crippen LogP contribution in [0.15, 0.2) is 18.5 Å². The van der Waals surface area contributed by atoms with Crippen LogP contribution in [0, 0.1) is 0 Å². The lowest BCUT2D eigenvalue weighted by Crippen LogP contribution is -2.24. The molecule has 0 aromatic carbocycles. The van der Waals surface area contributed by atoms with Crippen molar-refractivity contribution >= 4 is 5.82 Å². The van der Waals surface area contributed by atoms with Crippen LogP contribution < -0.4 is 5.32 Å². The minimum atomic E-state index is -4.30. The fraction of sp³-hybridized carbons (Fsp3) is 0.562. The van der Waals surface area contributed by atoms with Gasteiger partial charge in [0.2, 0.25) is 0 Å². The molecule has 2 heterocycles. The normalized spacial score (nSPS) is 16.2. The minimum absolute atomic E-state index is 0.0861. The zero-order valence-electron chi connectivity index (χ0n) is 13.6. The topological polar surface area (TPSA) is 55.6 Å². The van der Waals surface area contributed by atoms with Gasteiger partial charge in [0.1, 0.15) is 12.4 Å². The van der Waals surface area contributed by atoms with Crippen LogP contribution in [0.1, 0.15) is 56.2 Å². The second-order valence-electron chi connectivity index (χ2n) is 6.17. The molecule has 3 rings (SSSR count). The van der Waals surface area contributed by atoms with E-state index in [0.717, 1.165) is 30.5 Å². The molecular formula is C16H20F3N5. The molecule has 1 saturated carbocycles. The molecule has 1 aliphatic carbocycles. The van der Waals surface area contributed by atoms with E-state index >= 15 is 0 Å². The number of rotatable bonds is 6. The van der Waals surface area contributed by atoms with Crippen molar-refractivity contribution < 1.29 is 13.2 Å². The molecule has 1 fully saturated rings. The molecule has 24 heavy (non-hydrogen) atoms. The van der Waals surface area contributed by atoms with E-state index in [-0.39, 0.29) is 11.7 Å². The molecule has 130 valence electrons. The number of nitrogens with zero attached hydrogens (tertiary/aromatic N) is 4. The highest BCUT2D eigenvalue weighted by Crippen LogP contribution is 2.44. The van der Waals surface area contributed by atoms with E-state index in [1.165, 1.54) is 4.68 Å². The summed E-state index contributed by atoms with van der Waals surface area (Å²) in [5, 5.41) is 6.57. The SMILES string of the molecule is CCC(C)c1c(NCC(F)(F)F)nc(-n2cccn2)nc1C1CC1. The number of hydrogen-bond donors (Lipinski definition) is 1. The summed E-state index contributed by atoms with van der Waals surface area (Å²) in [6.07, 6.45) is 1.80. The standard InChI is InChI=1S/C16H20F3N5/c1-3-10(2)12-13(11-5-6-11)22-15(24-8-4-7-21-24)23-14(12)20-9-16(17,18)19/h4,7-8,10-11H,3,5-6,9H2,1-2H3,(H,20,22,23). The van der Waals surface area contributed by atoms with Crippen LogP contribution in [0.2, 0.25) is 0 Å². The van der Waals surface area contributed by atoms with Crippen molar-refractivity contribution in [3.8, 4) is 5.95 Å². The summed E-state index contributed by atoms with van der Waals surface area (Å²) in [5.74, 6) is 0.962. The highest BCUT2D eigenvalue weighted by atomic mass is 19.4. The third-order valence-corrected chi connectivity index (χ3v) is 4.20. The highest BCUT2D eigenvalue weighted by Gasteiger charge is 2.33. The number of alkyl halides is 3. The van der Waals surface area contributed by atoms with Gasteiger partial charge in [-0.25, -0.2) is 9.67 Å². The van der Waals surface area contributed by atoms with Gasteiger partial charge in [0, 0.05) is 23.9 Å². The first-order chi connectivity index (χ1) is 11.4. The number of aromatic nitrogens is 4. The van der Waals surface area contributed by atoms with Gasteiger partial charge in [-0.1, -0.05) is 13.8 Å². The van der Waals surface area contributed by atoms with Crippen LogP contribution in [0.3, 0.4) is 0 Å². The van der Waals surface area contributed by atoms with E-state index in [4.69, 9.17) is 0 Å². The molecule has 2 aromatic rings. The fourth-order valence-corrected chi connectivity index (χ4v) is 2.64. The first kappa shape index (κ1) is 16.7. The Balaban J connectivity index is 2.07. The van der Waals surface area contributed by atoms with Crippen LogP contribution >= 0.6 is 0 Å². The van der Waals surface area contributed by atoms with E-state index in [1.54, 1.807) is 18.5 Å². The maximum atomic E-state index is 12.7. The van der Waals surface area contributed by atoms with Gasteiger partial charge in [-0.05, 0) is 31.2 Å². The summed E-state index contributed by atoms with van der Waals surface area (Å²) in [4.78, 5) is 8.96. The monoisotopic (exact) mass is 339 g/mol. The molecule has 0 amide bonds. The maximum absolute atomic E-state index is 12.7. The average molecular weight is 339 g/mol. The molecule has 5 nitrogen and oxygen atoms in total. The highest BCUT2D eigenvalue weighted by molar-refractivity contribution is 5.52. The predicted octanol–water partition coefficient (Wildman–Crippen LogP) is 4.03. The summed E-state index contributed by atoms with van der Waals surface area (Å²) in [7, 11) is 0. The average Bonchev–Trinajstić information content (AvgIpc) is 3.24. The number of anilines is 1. The first-order valence-electron chi connectivity index (χ1n) is 8.11. The Morgan fingerprint density at radius 1 is 1.33 bits per heavy atom. The summed E-state index contributed by atoms with van der Waals surface area (Å²) in [6.45, 7) is 2.89. The lowest BCUT2D eigenvalue weighted by molar-refractivity contribution is -0.115. The van der Waals surface area contributed by atoms with Crippen LogP contribution in [-0.4, -0.2) is 32.5 Å². The Morgan fingerprint density at radius 3 is 2.62 bits per heavy atom. The Kier molecular flexibility index (Phi) is 4.47. The van der Waals surface area contributed by atoms with Crippen molar-refractivity contribution in [2.24, 2.45) is 0 Å². The van der Waals surface area contributed by atoms with Crippen LogP contribution in [-0.2, 0) is 0 Å². The molecule has 2 aromatic heterocycles. The summed E-state index contributed by atoms with van der Waals surface area (Å²) in [5.41, 5.74) is 1.66. The van der Waals surface area contributed by atoms with Crippen molar-refractivity contribution in [2.45, 2.75) is 51.1 Å². The number of hydrogen-bond acceptors (Lipinski definition) is 4. The quantitative estimate of drug-likeness (QED) is 0.863. The molecule has 1 atom stereocenters. The molecule has 0 spiro atoms. The fourth-order valence-electron chi connectivity index (χ4n) is 2.64. The van der Waals surface area contributed by atoms with Gasteiger partial charge in [-0.3, -0.25) is 0 Å². The maximum Gasteiger partial charge on any atom is 0.405 e. The van der Waals surface area contributed by atoms with E-state index in [2.05, 4.69) is 20.4 Å². The van der Waals surface area contributed by atoms with E-state index in [9.17, 15) is 13.2 Å². The Bertz CT molecular complexity index is 692. The molecule has 0 saturated heterocycles. The molecule has 1 N–H and O–H groups in total.